The van der Waals surface area contributed by atoms with Crippen LogP contribution in [0, 0.1) is 5.92 Å². The zero-order chi connectivity index (χ0) is 9.97. The molecule has 1 saturated carbocycles. The highest BCUT2D eigenvalue weighted by molar-refractivity contribution is 4.94. The van der Waals surface area contributed by atoms with Crippen molar-refractivity contribution in [2.75, 3.05) is 19.6 Å². The summed E-state index contributed by atoms with van der Waals surface area (Å²) in [7, 11) is 0. The minimum atomic E-state index is 0.796. The van der Waals surface area contributed by atoms with Crippen LogP contribution in [0.3, 0.4) is 0 Å². The molecule has 1 N–H and O–H groups in total. The van der Waals surface area contributed by atoms with Gasteiger partial charge in [0.2, 0.25) is 0 Å². The van der Waals surface area contributed by atoms with E-state index in [-0.39, 0.29) is 0 Å². The number of fused-ring (bicyclic) bond motifs is 2. The largest absolute Gasteiger partial charge is 0.317 e. The van der Waals surface area contributed by atoms with Crippen LogP contribution >= 0.6 is 0 Å². The molecular formula is C12H24N2. The quantitative estimate of drug-likeness (QED) is 0.675. The molecule has 0 radical (unpaired) electrons. The molecule has 1 saturated heterocycles. The predicted molar refractivity (Wildman–Crippen MR) is 60.5 cm³/mol. The first-order valence-corrected chi connectivity index (χ1v) is 6.27. The molecule has 2 rings (SSSR count). The van der Waals surface area contributed by atoms with Gasteiger partial charge in [-0.15, -0.1) is 0 Å². The van der Waals surface area contributed by atoms with E-state index < -0.39 is 0 Å². The third-order valence-corrected chi connectivity index (χ3v) is 4.01. The molecule has 2 bridgehead atoms. The number of nitrogens with zero attached hydrogens (tertiary/aromatic N) is 1. The lowest BCUT2D eigenvalue weighted by molar-refractivity contribution is 0.152. The second kappa shape index (κ2) is 4.63. The topological polar surface area (TPSA) is 15.3 Å². The average molecular weight is 196 g/mol. The smallest absolute Gasteiger partial charge is 0.0101 e. The summed E-state index contributed by atoms with van der Waals surface area (Å²) in [6.45, 7) is 8.27. The van der Waals surface area contributed by atoms with Gasteiger partial charge in [0.1, 0.15) is 0 Å². The highest BCUT2D eigenvalue weighted by Gasteiger charge is 2.39. The fraction of sp³-hybridized carbons (Fsp3) is 1.00. The molecule has 1 heterocycles. The van der Waals surface area contributed by atoms with Crippen molar-refractivity contribution in [3.05, 3.63) is 0 Å². The van der Waals surface area contributed by atoms with Crippen molar-refractivity contribution < 1.29 is 0 Å². The number of piperidine rings is 1. The van der Waals surface area contributed by atoms with Gasteiger partial charge in [-0.3, -0.25) is 4.90 Å². The number of hydrogen-bond acceptors (Lipinski definition) is 2. The van der Waals surface area contributed by atoms with Gasteiger partial charge in [-0.2, -0.15) is 0 Å². The summed E-state index contributed by atoms with van der Waals surface area (Å²) in [5, 5.41) is 3.42. The average Bonchev–Trinajstić information content (AvgIpc) is 2.79. The Balaban J connectivity index is 1.72. The van der Waals surface area contributed by atoms with E-state index in [0.717, 1.165) is 24.5 Å². The normalized spacial score (nSPS) is 33.9. The second-order valence-electron chi connectivity index (χ2n) is 5.02. The molecule has 0 aromatic heterocycles. The SMILES string of the molecule is CCNCCC(C)N1CC2CCC1C2. The number of hydrogen-bond donors (Lipinski definition) is 1. The molecule has 0 aromatic carbocycles. The maximum atomic E-state index is 3.42. The van der Waals surface area contributed by atoms with E-state index in [4.69, 9.17) is 0 Å². The minimum Gasteiger partial charge on any atom is -0.317 e. The van der Waals surface area contributed by atoms with Crippen LogP contribution in [0.5, 0.6) is 0 Å². The first-order chi connectivity index (χ1) is 6.81. The molecule has 0 aromatic rings. The molecule has 82 valence electrons. The summed E-state index contributed by atoms with van der Waals surface area (Å²) >= 11 is 0. The summed E-state index contributed by atoms with van der Waals surface area (Å²) in [6.07, 6.45) is 5.78. The van der Waals surface area contributed by atoms with Crippen LogP contribution < -0.4 is 5.32 Å². The van der Waals surface area contributed by atoms with E-state index in [2.05, 4.69) is 24.1 Å². The molecule has 1 aliphatic carbocycles. The molecule has 3 atom stereocenters. The molecule has 2 fully saturated rings. The lowest BCUT2D eigenvalue weighted by atomic mass is 10.1. The molecule has 3 unspecified atom stereocenters. The van der Waals surface area contributed by atoms with Crippen molar-refractivity contribution in [2.24, 2.45) is 5.92 Å². The lowest BCUT2D eigenvalue weighted by Gasteiger charge is -2.32. The fourth-order valence-corrected chi connectivity index (χ4v) is 3.16. The van der Waals surface area contributed by atoms with E-state index in [1.54, 1.807) is 0 Å². The second-order valence-corrected chi connectivity index (χ2v) is 5.02. The monoisotopic (exact) mass is 196 g/mol. The van der Waals surface area contributed by atoms with Gasteiger partial charge in [0.25, 0.3) is 0 Å². The van der Waals surface area contributed by atoms with Gasteiger partial charge < -0.3 is 5.32 Å². The highest BCUT2D eigenvalue weighted by atomic mass is 15.2. The Morgan fingerprint density at radius 3 is 2.86 bits per heavy atom. The lowest BCUT2D eigenvalue weighted by Crippen LogP contribution is -2.40. The fourth-order valence-electron chi connectivity index (χ4n) is 3.16. The van der Waals surface area contributed by atoms with E-state index in [0.29, 0.717) is 0 Å². The first-order valence-electron chi connectivity index (χ1n) is 6.27. The first kappa shape index (κ1) is 10.4. The standard InChI is InChI=1S/C12H24N2/c1-3-13-7-6-10(2)14-9-11-4-5-12(14)8-11/h10-13H,3-9H2,1-2H3. The van der Waals surface area contributed by atoms with Crippen LogP contribution in [0.4, 0.5) is 0 Å². The molecule has 1 aliphatic heterocycles. The zero-order valence-electron chi connectivity index (χ0n) is 9.63. The summed E-state index contributed by atoms with van der Waals surface area (Å²) in [6, 6.07) is 1.74. The Hall–Kier alpha value is -0.0800. The Morgan fingerprint density at radius 1 is 1.43 bits per heavy atom. The predicted octanol–water partition coefficient (Wildman–Crippen LogP) is 1.86. The van der Waals surface area contributed by atoms with Gasteiger partial charge in [0.05, 0.1) is 0 Å². The number of likely N-dealkylation sites (tertiary alicyclic amines) is 1. The Morgan fingerprint density at radius 2 is 2.29 bits per heavy atom. The number of nitrogens with one attached hydrogen (secondary N) is 1. The van der Waals surface area contributed by atoms with Gasteiger partial charge in [-0.1, -0.05) is 6.92 Å². The van der Waals surface area contributed by atoms with Crippen molar-refractivity contribution in [3.63, 3.8) is 0 Å². The maximum absolute atomic E-state index is 3.42. The van der Waals surface area contributed by atoms with Crippen LogP contribution in [0.2, 0.25) is 0 Å². The van der Waals surface area contributed by atoms with E-state index in [9.17, 15) is 0 Å². The van der Waals surface area contributed by atoms with Crippen molar-refractivity contribution in [3.8, 4) is 0 Å². The Labute approximate surface area is 88.1 Å². The molecule has 0 amide bonds. The van der Waals surface area contributed by atoms with Gasteiger partial charge in [0.15, 0.2) is 0 Å². The number of rotatable bonds is 5. The molecule has 14 heavy (non-hydrogen) atoms. The van der Waals surface area contributed by atoms with Gasteiger partial charge >= 0.3 is 0 Å². The van der Waals surface area contributed by atoms with Crippen LogP contribution in [-0.2, 0) is 0 Å². The van der Waals surface area contributed by atoms with Gasteiger partial charge in [-0.25, -0.2) is 0 Å². The maximum Gasteiger partial charge on any atom is 0.0101 e. The molecular weight excluding hydrogens is 172 g/mol. The van der Waals surface area contributed by atoms with Crippen LogP contribution in [0.1, 0.15) is 39.5 Å². The summed E-state index contributed by atoms with van der Waals surface area (Å²) in [5.74, 6) is 1.04. The van der Waals surface area contributed by atoms with Crippen LogP contribution in [0.25, 0.3) is 0 Å². The summed E-state index contributed by atoms with van der Waals surface area (Å²) in [4.78, 5) is 2.76. The minimum absolute atomic E-state index is 0.796. The zero-order valence-corrected chi connectivity index (χ0v) is 9.63. The highest BCUT2D eigenvalue weighted by Crippen LogP contribution is 2.38. The Kier molecular flexibility index (Phi) is 3.45. The van der Waals surface area contributed by atoms with Crippen molar-refractivity contribution >= 4 is 0 Å². The van der Waals surface area contributed by atoms with Gasteiger partial charge in [0, 0.05) is 18.6 Å². The molecule has 2 aliphatic rings. The Bertz CT molecular complexity index is 181. The third kappa shape index (κ3) is 2.12. The van der Waals surface area contributed by atoms with E-state index in [1.165, 1.54) is 38.8 Å². The molecule has 2 heteroatoms. The van der Waals surface area contributed by atoms with Crippen LogP contribution in [-0.4, -0.2) is 36.6 Å². The van der Waals surface area contributed by atoms with Crippen molar-refractivity contribution in [2.45, 2.75) is 51.6 Å². The van der Waals surface area contributed by atoms with Crippen molar-refractivity contribution in [1.82, 2.24) is 10.2 Å². The van der Waals surface area contributed by atoms with Crippen LogP contribution in [0.15, 0.2) is 0 Å². The van der Waals surface area contributed by atoms with E-state index in [1.807, 2.05) is 0 Å². The van der Waals surface area contributed by atoms with E-state index >= 15 is 0 Å². The summed E-state index contributed by atoms with van der Waals surface area (Å²) < 4.78 is 0. The summed E-state index contributed by atoms with van der Waals surface area (Å²) in [5.41, 5.74) is 0. The van der Waals surface area contributed by atoms with Crippen molar-refractivity contribution in [1.29, 1.82) is 0 Å². The molecule has 2 nitrogen and oxygen atoms in total. The third-order valence-electron chi connectivity index (χ3n) is 4.01. The van der Waals surface area contributed by atoms with Gasteiger partial charge in [-0.05, 0) is 51.6 Å². The molecule has 0 spiro atoms.